The van der Waals surface area contributed by atoms with Gasteiger partial charge in [0.15, 0.2) is 0 Å². The van der Waals surface area contributed by atoms with Crippen LogP contribution in [0.25, 0.3) is 0 Å². The molecule has 0 radical (unpaired) electrons. The molecule has 18 heavy (non-hydrogen) atoms. The minimum atomic E-state index is -0.515. The number of carbonyl (C=O) groups excluding carboxylic acids is 1. The summed E-state index contributed by atoms with van der Waals surface area (Å²) in [4.78, 5) is 13.8. The average Bonchev–Trinajstić information content (AvgIpc) is 2.87. The number of alkyl halides is 1. The molecule has 0 spiro atoms. The van der Waals surface area contributed by atoms with Gasteiger partial charge in [0.25, 0.3) is 0 Å². The van der Waals surface area contributed by atoms with Gasteiger partial charge in [0.05, 0.1) is 12.3 Å². The number of rotatable bonds is 7. The van der Waals surface area contributed by atoms with Gasteiger partial charge in [-0.05, 0) is 32.1 Å². The first-order chi connectivity index (χ1) is 8.60. The molecule has 5 heteroatoms. The van der Waals surface area contributed by atoms with Crippen molar-refractivity contribution < 1.29 is 9.21 Å². The van der Waals surface area contributed by atoms with Crippen molar-refractivity contribution in [3.63, 3.8) is 0 Å². The zero-order valence-electron chi connectivity index (χ0n) is 11.1. The van der Waals surface area contributed by atoms with Gasteiger partial charge in [-0.25, -0.2) is 0 Å². The molecular weight excluding hydrogens is 252 g/mol. The van der Waals surface area contributed by atoms with E-state index in [9.17, 15) is 4.79 Å². The molecule has 1 aromatic rings. The van der Waals surface area contributed by atoms with Gasteiger partial charge >= 0.3 is 0 Å². The van der Waals surface area contributed by atoms with Crippen molar-refractivity contribution in [2.75, 3.05) is 19.6 Å². The molecule has 0 aromatic carbocycles. The zero-order chi connectivity index (χ0) is 13.5. The number of amides is 1. The lowest BCUT2D eigenvalue weighted by Gasteiger charge is -2.28. The van der Waals surface area contributed by atoms with Crippen LogP contribution in [-0.2, 0) is 4.79 Å². The van der Waals surface area contributed by atoms with E-state index >= 15 is 0 Å². The number of nitrogens with one attached hydrogen (secondary N) is 1. The predicted molar refractivity (Wildman–Crippen MR) is 72.7 cm³/mol. The van der Waals surface area contributed by atoms with Crippen LogP contribution in [0.15, 0.2) is 22.8 Å². The summed E-state index contributed by atoms with van der Waals surface area (Å²) in [5, 5.41) is 2.33. The molecule has 1 N–H and O–H groups in total. The van der Waals surface area contributed by atoms with Gasteiger partial charge in [0.2, 0.25) is 5.91 Å². The molecule has 2 atom stereocenters. The summed E-state index contributed by atoms with van der Waals surface area (Å²) < 4.78 is 5.45. The largest absolute Gasteiger partial charge is 0.468 e. The van der Waals surface area contributed by atoms with Crippen LogP contribution in [0.3, 0.4) is 0 Å². The summed E-state index contributed by atoms with van der Waals surface area (Å²) in [7, 11) is 0. The first kappa shape index (κ1) is 15.1. The second-order valence-electron chi connectivity index (χ2n) is 4.11. The summed E-state index contributed by atoms with van der Waals surface area (Å²) in [6.07, 6.45) is 1.65. The number of furan rings is 1. The molecule has 1 rings (SSSR count). The van der Waals surface area contributed by atoms with Crippen LogP contribution in [0.4, 0.5) is 0 Å². The van der Waals surface area contributed by atoms with Gasteiger partial charge in [0, 0.05) is 6.54 Å². The molecule has 0 fully saturated rings. The topological polar surface area (TPSA) is 45.5 Å². The third-order valence-corrected chi connectivity index (χ3v) is 3.15. The van der Waals surface area contributed by atoms with E-state index in [0.717, 1.165) is 18.8 Å². The Morgan fingerprint density at radius 2 is 2.17 bits per heavy atom. The Kier molecular flexibility index (Phi) is 6.22. The highest BCUT2D eigenvalue weighted by Crippen LogP contribution is 2.20. The van der Waals surface area contributed by atoms with Gasteiger partial charge < -0.3 is 9.73 Å². The van der Waals surface area contributed by atoms with E-state index in [-0.39, 0.29) is 11.9 Å². The van der Waals surface area contributed by atoms with E-state index < -0.39 is 5.38 Å². The van der Waals surface area contributed by atoms with Crippen molar-refractivity contribution in [2.24, 2.45) is 0 Å². The highest BCUT2D eigenvalue weighted by molar-refractivity contribution is 6.30. The smallest absolute Gasteiger partial charge is 0.237 e. The van der Waals surface area contributed by atoms with Crippen molar-refractivity contribution >= 4 is 17.5 Å². The molecule has 1 heterocycles. The normalized spacial score (nSPS) is 14.5. The Morgan fingerprint density at radius 3 is 2.61 bits per heavy atom. The Labute approximate surface area is 113 Å². The lowest BCUT2D eigenvalue weighted by molar-refractivity contribution is -0.120. The van der Waals surface area contributed by atoms with Crippen LogP contribution in [0.1, 0.15) is 32.6 Å². The Morgan fingerprint density at radius 1 is 1.50 bits per heavy atom. The minimum absolute atomic E-state index is 0.0503. The number of likely N-dealkylation sites (N-methyl/N-ethyl adjacent to an activating group) is 1. The average molecular weight is 273 g/mol. The van der Waals surface area contributed by atoms with Crippen LogP contribution in [0, 0.1) is 0 Å². The number of nitrogens with zero attached hydrogens (tertiary/aromatic N) is 1. The Balaban J connectivity index is 2.70. The summed E-state index contributed by atoms with van der Waals surface area (Å²) in [6.45, 7) is 8.14. The number of carbonyl (C=O) groups is 1. The molecule has 0 bridgehead atoms. The summed E-state index contributed by atoms with van der Waals surface area (Å²) in [5.41, 5.74) is 0. The fourth-order valence-corrected chi connectivity index (χ4v) is 1.97. The van der Waals surface area contributed by atoms with Crippen molar-refractivity contribution in [3.8, 4) is 0 Å². The molecule has 102 valence electrons. The third kappa shape index (κ3) is 4.03. The molecule has 1 aromatic heterocycles. The lowest BCUT2D eigenvalue weighted by atomic mass is 10.2. The quantitative estimate of drug-likeness (QED) is 0.776. The van der Waals surface area contributed by atoms with Crippen molar-refractivity contribution in [2.45, 2.75) is 32.2 Å². The minimum Gasteiger partial charge on any atom is -0.468 e. The van der Waals surface area contributed by atoms with Gasteiger partial charge in [0.1, 0.15) is 11.1 Å². The van der Waals surface area contributed by atoms with Crippen LogP contribution in [0.2, 0.25) is 0 Å². The first-order valence-corrected chi connectivity index (χ1v) is 6.73. The van der Waals surface area contributed by atoms with E-state index in [0.29, 0.717) is 6.54 Å². The van der Waals surface area contributed by atoms with Gasteiger partial charge in [-0.3, -0.25) is 9.69 Å². The van der Waals surface area contributed by atoms with Gasteiger partial charge in [-0.15, -0.1) is 11.6 Å². The van der Waals surface area contributed by atoms with Crippen LogP contribution in [-0.4, -0.2) is 35.8 Å². The van der Waals surface area contributed by atoms with E-state index in [4.69, 9.17) is 16.0 Å². The zero-order valence-corrected chi connectivity index (χ0v) is 11.9. The van der Waals surface area contributed by atoms with Crippen LogP contribution in [0.5, 0.6) is 0 Å². The molecule has 0 saturated carbocycles. The fraction of sp³-hybridized carbons (Fsp3) is 0.615. The van der Waals surface area contributed by atoms with E-state index in [2.05, 4.69) is 24.1 Å². The van der Waals surface area contributed by atoms with Crippen molar-refractivity contribution in [1.29, 1.82) is 0 Å². The maximum absolute atomic E-state index is 11.5. The molecule has 0 saturated heterocycles. The standard InChI is InChI=1S/C13H21ClN2O2/c1-4-16(5-2)11(12-7-6-8-18-12)9-15-13(17)10(3)14/h6-8,10-11H,4-5,9H2,1-3H3,(H,15,17). The lowest BCUT2D eigenvalue weighted by Crippen LogP contribution is -2.39. The summed E-state index contributed by atoms with van der Waals surface area (Å²) >= 11 is 5.73. The van der Waals surface area contributed by atoms with Crippen LogP contribution >= 0.6 is 11.6 Å². The number of halogens is 1. The molecule has 4 nitrogen and oxygen atoms in total. The first-order valence-electron chi connectivity index (χ1n) is 6.29. The molecule has 0 aliphatic rings. The molecule has 0 aliphatic carbocycles. The molecule has 1 amide bonds. The van der Waals surface area contributed by atoms with Crippen molar-refractivity contribution in [3.05, 3.63) is 24.2 Å². The second-order valence-corrected chi connectivity index (χ2v) is 4.77. The fourth-order valence-electron chi connectivity index (χ4n) is 1.89. The van der Waals surface area contributed by atoms with Crippen molar-refractivity contribution in [1.82, 2.24) is 10.2 Å². The maximum Gasteiger partial charge on any atom is 0.237 e. The number of hydrogen-bond acceptors (Lipinski definition) is 3. The summed E-state index contributed by atoms with van der Waals surface area (Å²) in [6, 6.07) is 3.84. The monoisotopic (exact) mass is 272 g/mol. The molecule has 0 aliphatic heterocycles. The maximum atomic E-state index is 11.5. The highest BCUT2D eigenvalue weighted by atomic mass is 35.5. The number of hydrogen-bond donors (Lipinski definition) is 1. The third-order valence-electron chi connectivity index (χ3n) is 2.96. The summed E-state index contributed by atoms with van der Waals surface area (Å²) in [5.74, 6) is 0.710. The van der Waals surface area contributed by atoms with Gasteiger partial charge in [-0.2, -0.15) is 0 Å². The Hall–Kier alpha value is -1.00. The van der Waals surface area contributed by atoms with E-state index in [1.807, 2.05) is 12.1 Å². The van der Waals surface area contributed by atoms with E-state index in [1.165, 1.54) is 0 Å². The van der Waals surface area contributed by atoms with E-state index in [1.54, 1.807) is 13.2 Å². The van der Waals surface area contributed by atoms with Gasteiger partial charge in [-0.1, -0.05) is 13.8 Å². The SMILES string of the molecule is CCN(CC)C(CNC(=O)C(C)Cl)c1ccco1. The molecule has 2 unspecified atom stereocenters. The predicted octanol–water partition coefficient (Wildman–Crippen LogP) is 2.41. The second kappa shape index (κ2) is 7.44. The molecular formula is C13H21ClN2O2. The van der Waals surface area contributed by atoms with Crippen LogP contribution < -0.4 is 5.32 Å². The Bertz CT molecular complexity index is 348. The highest BCUT2D eigenvalue weighted by Gasteiger charge is 2.21.